The van der Waals surface area contributed by atoms with Crippen LogP contribution in [0, 0.1) is 0 Å². The third-order valence-electron chi connectivity index (χ3n) is 3.71. The molecule has 3 aromatic carbocycles. The number of hydrogen-bond acceptors (Lipinski definition) is 4. The van der Waals surface area contributed by atoms with Crippen LogP contribution in [-0.2, 0) is 6.42 Å². The van der Waals surface area contributed by atoms with Gasteiger partial charge in [0, 0.05) is 5.69 Å². The number of nitrogens with two attached hydrogens (primary N) is 1. The average molecular weight is 331 g/mol. The number of aryl methyl sites for hydroxylation is 1. The van der Waals surface area contributed by atoms with E-state index in [0.717, 1.165) is 35.7 Å². The van der Waals surface area contributed by atoms with Crippen molar-refractivity contribution in [1.29, 1.82) is 0 Å². The molecule has 3 aromatic rings. The van der Waals surface area contributed by atoms with Gasteiger partial charge in [0.25, 0.3) is 0 Å². The fourth-order valence-electron chi connectivity index (χ4n) is 2.39. The van der Waals surface area contributed by atoms with E-state index in [1.807, 2.05) is 48.5 Å². The molecule has 0 heterocycles. The van der Waals surface area contributed by atoms with Crippen LogP contribution in [0.3, 0.4) is 0 Å². The first-order chi connectivity index (χ1) is 12.2. The molecule has 0 amide bonds. The molecular formula is C21H21N3O. The first-order valence-corrected chi connectivity index (χ1v) is 8.37. The molecule has 0 radical (unpaired) electrons. The quantitative estimate of drug-likeness (QED) is 0.418. The van der Waals surface area contributed by atoms with Gasteiger partial charge in [0.1, 0.15) is 11.5 Å². The van der Waals surface area contributed by atoms with Crippen molar-refractivity contribution in [2.45, 2.75) is 19.8 Å². The molecule has 0 bridgehead atoms. The van der Waals surface area contributed by atoms with Gasteiger partial charge in [-0.2, -0.15) is 10.2 Å². The Morgan fingerprint density at radius 3 is 1.72 bits per heavy atom. The normalized spacial score (nSPS) is 10.9. The zero-order valence-corrected chi connectivity index (χ0v) is 14.2. The summed E-state index contributed by atoms with van der Waals surface area (Å²) in [6.45, 7) is 2.18. The van der Waals surface area contributed by atoms with Crippen LogP contribution in [0.2, 0.25) is 0 Å². The van der Waals surface area contributed by atoms with Crippen LogP contribution in [-0.4, -0.2) is 0 Å². The predicted molar refractivity (Wildman–Crippen MR) is 102 cm³/mol. The second kappa shape index (κ2) is 8.11. The summed E-state index contributed by atoms with van der Waals surface area (Å²) in [7, 11) is 0. The molecule has 0 fully saturated rings. The number of hydrogen-bond donors (Lipinski definition) is 1. The highest BCUT2D eigenvalue weighted by molar-refractivity contribution is 5.48. The van der Waals surface area contributed by atoms with Gasteiger partial charge in [-0.05, 0) is 72.6 Å². The predicted octanol–water partition coefficient (Wildman–Crippen LogP) is 6.43. The second-order valence-electron chi connectivity index (χ2n) is 5.78. The van der Waals surface area contributed by atoms with Crippen molar-refractivity contribution in [2.24, 2.45) is 10.2 Å². The minimum atomic E-state index is 0.711. The van der Waals surface area contributed by atoms with Gasteiger partial charge in [0.05, 0.1) is 11.4 Å². The second-order valence-corrected chi connectivity index (χ2v) is 5.78. The molecule has 4 heteroatoms. The summed E-state index contributed by atoms with van der Waals surface area (Å²) >= 11 is 0. The molecule has 4 nitrogen and oxygen atoms in total. The summed E-state index contributed by atoms with van der Waals surface area (Å²) in [5.41, 5.74) is 9.22. The van der Waals surface area contributed by atoms with Crippen LogP contribution in [0.25, 0.3) is 0 Å². The Hall–Kier alpha value is -3.14. The minimum absolute atomic E-state index is 0.711. The first kappa shape index (κ1) is 16.7. The van der Waals surface area contributed by atoms with Crippen molar-refractivity contribution in [3.63, 3.8) is 0 Å². The van der Waals surface area contributed by atoms with E-state index in [4.69, 9.17) is 10.5 Å². The Kier molecular flexibility index (Phi) is 5.42. The van der Waals surface area contributed by atoms with Gasteiger partial charge in [-0.25, -0.2) is 0 Å². The summed E-state index contributed by atoms with van der Waals surface area (Å²) in [5.74, 6) is 1.60. The van der Waals surface area contributed by atoms with E-state index in [-0.39, 0.29) is 0 Å². The van der Waals surface area contributed by atoms with Crippen LogP contribution in [0.4, 0.5) is 17.1 Å². The standard InChI is InChI=1S/C21H21N3O/c1-2-3-16-4-12-20(13-5-16)25-21-14-10-19(11-15-21)24-23-18-8-6-17(22)7-9-18/h4-15H,2-3,22H2,1H3. The zero-order valence-electron chi connectivity index (χ0n) is 14.2. The summed E-state index contributed by atoms with van der Waals surface area (Å²) in [6.07, 6.45) is 2.24. The number of nitrogens with zero attached hydrogens (tertiary/aromatic N) is 2. The van der Waals surface area contributed by atoms with E-state index >= 15 is 0 Å². The summed E-state index contributed by atoms with van der Waals surface area (Å²) in [4.78, 5) is 0. The number of rotatable bonds is 6. The van der Waals surface area contributed by atoms with Crippen LogP contribution in [0.5, 0.6) is 11.5 Å². The van der Waals surface area contributed by atoms with Gasteiger partial charge in [-0.15, -0.1) is 0 Å². The molecule has 0 saturated carbocycles. The lowest BCUT2D eigenvalue weighted by Crippen LogP contribution is -1.86. The molecule has 0 spiro atoms. The van der Waals surface area contributed by atoms with Crippen LogP contribution < -0.4 is 10.5 Å². The van der Waals surface area contributed by atoms with E-state index in [0.29, 0.717) is 5.69 Å². The molecule has 0 saturated heterocycles. The fourth-order valence-corrected chi connectivity index (χ4v) is 2.39. The third kappa shape index (κ3) is 4.91. The molecule has 0 atom stereocenters. The number of anilines is 1. The molecule has 0 aliphatic heterocycles. The van der Waals surface area contributed by atoms with Crippen molar-refractivity contribution in [2.75, 3.05) is 5.73 Å². The van der Waals surface area contributed by atoms with Gasteiger partial charge in [-0.3, -0.25) is 0 Å². The van der Waals surface area contributed by atoms with Gasteiger partial charge in [0.15, 0.2) is 0 Å². The van der Waals surface area contributed by atoms with Gasteiger partial charge in [0.2, 0.25) is 0 Å². The fraction of sp³-hybridized carbons (Fsp3) is 0.143. The largest absolute Gasteiger partial charge is 0.457 e. The SMILES string of the molecule is CCCc1ccc(Oc2ccc(N=Nc3ccc(N)cc3)cc2)cc1. The highest BCUT2D eigenvalue weighted by Gasteiger charge is 1.99. The zero-order chi connectivity index (χ0) is 17.5. The number of azo groups is 1. The van der Waals surface area contributed by atoms with E-state index in [1.54, 1.807) is 12.1 Å². The first-order valence-electron chi connectivity index (χ1n) is 8.37. The maximum absolute atomic E-state index is 5.86. The van der Waals surface area contributed by atoms with Crippen molar-refractivity contribution >= 4 is 17.1 Å². The van der Waals surface area contributed by atoms with E-state index in [9.17, 15) is 0 Å². The van der Waals surface area contributed by atoms with Gasteiger partial charge in [-0.1, -0.05) is 25.5 Å². The van der Waals surface area contributed by atoms with Crippen molar-refractivity contribution < 1.29 is 4.74 Å². The van der Waals surface area contributed by atoms with Crippen LogP contribution in [0.1, 0.15) is 18.9 Å². The topological polar surface area (TPSA) is 60.0 Å². The van der Waals surface area contributed by atoms with E-state index in [1.165, 1.54) is 5.56 Å². The molecule has 0 aromatic heterocycles. The Labute approximate surface area is 148 Å². The van der Waals surface area contributed by atoms with Crippen molar-refractivity contribution in [3.05, 3.63) is 78.4 Å². The minimum Gasteiger partial charge on any atom is -0.457 e. The van der Waals surface area contributed by atoms with Crippen LogP contribution >= 0.6 is 0 Å². The van der Waals surface area contributed by atoms with Crippen LogP contribution in [0.15, 0.2) is 83.0 Å². The molecule has 0 unspecified atom stereocenters. The Bertz CT molecular complexity index is 823. The number of ether oxygens (including phenoxy) is 1. The summed E-state index contributed by atoms with van der Waals surface area (Å²) in [6, 6.07) is 23.0. The highest BCUT2D eigenvalue weighted by Crippen LogP contribution is 2.25. The lowest BCUT2D eigenvalue weighted by atomic mass is 10.1. The van der Waals surface area contributed by atoms with Crippen molar-refractivity contribution in [3.8, 4) is 11.5 Å². The molecule has 0 aliphatic rings. The molecule has 126 valence electrons. The average Bonchev–Trinajstić information content (AvgIpc) is 2.64. The number of nitrogen functional groups attached to an aromatic ring is 1. The summed E-state index contributed by atoms with van der Waals surface area (Å²) in [5, 5.41) is 8.40. The van der Waals surface area contributed by atoms with E-state index in [2.05, 4.69) is 29.3 Å². The lowest BCUT2D eigenvalue weighted by molar-refractivity contribution is 0.482. The highest BCUT2D eigenvalue weighted by atomic mass is 16.5. The molecular weight excluding hydrogens is 310 g/mol. The van der Waals surface area contributed by atoms with Gasteiger partial charge < -0.3 is 10.5 Å². The Morgan fingerprint density at radius 1 is 0.720 bits per heavy atom. The van der Waals surface area contributed by atoms with Crippen molar-refractivity contribution in [1.82, 2.24) is 0 Å². The third-order valence-corrected chi connectivity index (χ3v) is 3.71. The summed E-state index contributed by atoms with van der Waals surface area (Å²) < 4.78 is 5.86. The molecule has 0 aliphatic carbocycles. The maximum atomic E-state index is 5.86. The van der Waals surface area contributed by atoms with Gasteiger partial charge >= 0.3 is 0 Å². The molecule has 25 heavy (non-hydrogen) atoms. The lowest BCUT2D eigenvalue weighted by Gasteiger charge is -2.06. The molecule has 2 N–H and O–H groups in total. The smallest absolute Gasteiger partial charge is 0.127 e. The monoisotopic (exact) mass is 331 g/mol. The Balaban J connectivity index is 1.62. The number of benzene rings is 3. The molecule has 3 rings (SSSR count). The maximum Gasteiger partial charge on any atom is 0.127 e. The van der Waals surface area contributed by atoms with E-state index < -0.39 is 0 Å². The Morgan fingerprint density at radius 2 is 1.20 bits per heavy atom.